The number of ether oxygens (including phenoxy) is 1. The number of hydrogen-bond donors (Lipinski definition) is 1. The third-order valence-electron chi connectivity index (χ3n) is 7.12. The van der Waals surface area contributed by atoms with Gasteiger partial charge >= 0.3 is 0 Å². The Kier molecular flexibility index (Phi) is 6.46. The molecule has 0 aliphatic carbocycles. The molecule has 4 heterocycles. The Bertz CT molecular complexity index is 1290. The van der Waals surface area contributed by atoms with Crippen LogP contribution in [0.5, 0.6) is 0 Å². The number of alkyl halides is 2. The standard InChI is InChI=1S/C26H30F2N6O2/c1-16(18-5-4-6-19(11-18)26(27,28)15-36-3)30-25-22-12-21(13-29-24(22)17(2)31-32-25)33-9-10-34-20(14-33)7-8-23(34)35/h4-6,11-13,16,20H,7-10,14-15H2,1-3H3,(H,30,32)/t16-,20-/m1/s1. The monoisotopic (exact) mass is 496 g/mol. The van der Waals surface area contributed by atoms with Crippen molar-refractivity contribution in [2.75, 3.05) is 43.6 Å². The zero-order chi connectivity index (χ0) is 25.4. The van der Waals surface area contributed by atoms with Crippen LogP contribution in [0.2, 0.25) is 0 Å². The number of piperazine rings is 1. The second-order valence-electron chi connectivity index (χ2n) is 9.58. The first-order valence-corrected chi connectivity index (χ1v) is 12.2. The highest BCUT2D eigenvalue weighted by atomic mass is 19.3. The first-order valence-electron chi connectivity index (χ1n) is 12.2. The number of aryl methyl sites for hydroxylation is 1. The van der Waals surface area contributed by atoms with Crippen molar-refractivity contribution in [1.82, 2.24) is 20.1 Å². The predicted molar refractivity (Wildman–Crippen MR) is 133 cm³/mol. The molecular formula is C26H30F2N6O2. The molecule has 2 aliphatic rings. The molecule has 2 atom stereocenters. The van der Waals surface area contributed by atoms with Crippen molar-refractivity contribution in [3.8, 4) is 0 Å². The number of nitrogens with zero attached hydrogens (tertiary/aromatic N) is 5. The van der Waals surface area contributed by atoms with E-state index in [1.165, 1.54) is 19.2 Å². The lowest BCUT2D eigenvalue weighted by Crippen LogP contribution is -2.51. The van der Waals surface area contributed by atoms with E-state index < -0.39 is 12.5 Å². The average Bonchev–Trinajstić information content (AvgIpc) is 3.25. The molecule has 0 bridgehead atoms. The molecule has 1 amide bonds. The maximum absolute atomic E-state index is 14.4. The summed E-state index contributed by atoms with van der Waals surface area (Å²) in [7, 11) is 1.26. The molecule has 190 valence electrons. The maximum atomic E-state index is 14.4. The van der Waals surface area contributed by atoms with Crippen LogP contribution in [0.25, 0.3) is 10.9 Å². The van der Waals surface area contributed by atoms with Gasteiger partial charge in [0.15, 0.2) is 5.82 Å². The normalized spacial score (nSPS) is 19.0. The minimum atomic E-state index is -3.08. The van der Waals surface area contributed by atoms with Crippen LogP contribution in [0.4, 0.5) is 20.3 Å². The van der Waals surface area contributed by atoms with Crippen molar-refractivity contribution < 1.29 is 18.3 Å². The lowest BCUT2D eigenvalue weighted by molar-refractivity contribution is -0.129. The van der Waals surface area contributed by atoms with Gasteiger partial charge in [0, 0.05) is 50.2 Å². The number of anilines is 2. The predicted octanol–water partition coefficient (Wildman–Crippen LogP) is 4.06. The number of methoxy groups -OCH3 is 1. The number of pyridine rings is 1. The van der Waals surface area contributed by atoms with E-state index in [0.717, 1.165) is 36.1 Å². The van der Waals surface area contributed by atoms with Gasteiger partial charge in [-0.15, -0.1) is 5.10 Å². The van der Waals surface area contributed by atoms with Gasteiger partial charge in [-0.25, -0.2) is 0 Å². The SMILES string of the molecule is COCC(F)(F)c1cccc([C@@H](C)Nc2nnc(C)c3ncc(N4CCN5C(=O)CC[C@@H]5C4)cc23)c1. The summed E-state index contributed by atoms with van der Waals surface area (Å²) < 4.78 is 33.5. The van der Waals surface area contributed by atoms with Gasteiger partial charge in [-0.05, 0) is 38.0 Å². The van der Waals surface area contributed by atoms with Crippen LogP contribution in [0.3, 0.4) is 0 Å². The molecule has 5 rings (SSSR count). The molecular weight excluding hydrogens is 466 g/mol. The molecule has 0 unspecified atom stereocenters. The first-order chi connectivity index (χ1) is 17.3. The molecule has 1 N–H and O–H groups in total. The van der Waals surface area contributed by atoms with E-state index in [-0.39, 0.29) is 23.6 Å². The van der Waals surface area contributed by atoms with Crippen LogP contribution in [0.15, 0.2) is 36.5 Å². The van der Waals surface area contributed by atoms with Gasteiger partial charge in [-0.3, -0.25) is 9.78 Å². The zero-order valence-corrected chi connectivity index (χ0v) is 20.7. The Morgan fingerprint density at radius 1 is 1.25 bits per heavy atom. The fraction of sp³-hybridized carbons (Fsp3) is 0.462. The summed E-state index contributed by atoms with van der Waals surface area (Å²) in [5.41, 5.74) is 3.01. The summed E-state index contributed by atoms with van der Waals surface area (Å²) in [5, 5.41) is 12.8. The lowest BCUT2D eigenvalue weighted by Gasteiger charge is -2.38. The Morgan fingerprint density at radius 3 is 2.89 bits per heavy atom. The van der Waals surface area contributed by atoms with Crippen molar-refractivity contribution in [3.63, 3.8) is 0 Å². The number of fused-ring (bicyclic) bond motifs is 2. The molecule has 2 fully saturated rings. The quantitative estimate of drug-likeness (QED) is 0.528. The maximum Gasteiger partial charge on any atom is 0.296 e. The van der Waals surface area contributed by atoms with Crippen molar-refractivity contribution in [3.05, 3.63) is 53.3 Å². The Hall–Kier alpha value is -3.40. The van der Waals surface area contributed by atoms with Crippen LogP contribution < -0.4 is 10.2 Å². The van der Waals surface area contributed by atoms with Crippen molar-refractivity contribution in [2.24, 2.45) is 0 Å². The van der Waals surface area contributed by atoms with Gasteiger partial charge in [0.2, 0.25) is 5.91 Å². The van der Waals surface area contributed by atoms with E-state index in [1.807, 2.05) is 24.9 Å². The first kappa shape index (κ1) is 24.3. The topological polar surface area (TPSA) is 83.5 Å². The molecule has 1 aromatic carbocycles. The minimum absolute atomic E-state index is 0.0937. The third-order valence-corrected chi connectivity index (χ3v) is 7.12. The molecule has 0 spiro atoms. The molecule has 3 aromatic rings. The third kappa shape index (κ3) is 4.57. The van der Waals surface area contributed by atoms with Crippen LogP contribution in [-0.2, 0) is 15.5 Å². The number of halogens is 2. The minimum Gasteiger partial charge on any atom is -0.378 e. The summed E-state index contributed by atoms with van der Waals surface area (Å²) in [4.78, 5) is 21.0. The summed E-state index contributed by atoms with van der Waals surface area (Å²) in [6, 6.07) is 8.31. The summed E-state index contributed by atoms with van der Waals surface area (Å²) >= 11 is 0. The molecule has 2 aromatic heterocycles. The largest absolute Gasteiger partial charge is 0.378 e. The van der Waals surface area contributed by atoms with Gasteiger partial charge in [0.05, 0.1) is 29.1 Å². The molecule has 8 nitrogen and oxygen atoms in total. The van der Waals surface area contributed by atoms with Gasteiger partial charge in [-0.1, -0.05) is 18.2 Å². The summed E-state index contributed by atoms with van der Waals surface area (Å²) in [6.07, 6.45) is 3.35. The van der Waals surface area contributed by atoms with E-state index in [2.05, 4.69) is 31.5 Å². The Morgan fingerprint density at radius 2 is 2.08 bits per heavy atom. The highest BCUT2D eigenvalue weighted by Gasteiger charge is 2.36. The van der Waals surface area contributed by atoms with E-state index in [4.69, 9.17) is 4.74 Å². The van der Waals surface area contributed by atoms with E-state index in [0.29, 0.717) is 30.0 Å². The highest BCUT2D eigenvalue weighted by Crippen LogP contribution is 2.33. The molecule has 0 saturated carbocycles. The number of carbonyl (C=O) groups is 1. The number of carbonyl (C=O) groups excluding carboxylic acids is 1. The Labute approximate surface area is 208 Å². The lowest BCUT2D eigenvalue weighted by atomic mass is 10.0. The number of nitrogens with one attached hydrogen (secondary N) is 1. The number of benzene rings is 1. The summed E-state index contributed by atoms with van der Waals surface area (Å²) in [6.45, 7) is 5.31. The van der Waals surface area contributed by atoms with E-state index in [9.17, 15) is 13.6 Å². The van der Waals surface area contributed by atoms with Crippen molar-refractivity contribution in [2.45, 2.75) is 44.7 Å². The smallest absolute Gasteiger partial charge is 0.296 e. The molecule has 2 aliphatic heterocycles. The van der Waals surface area contributed by atoms with Crippen LogP contribution >= 0.6 is 0 Å². The second-order valence-corrected chi connectivity index (χ2v) is 9.58. The summed E-state index contributed by atoms with van der Waals surface area (Å²) in [5.74, 6) is -2.29. The van der Waals surface area contributed by atoms with Gasteiger partial charge in [-0.2, -0.15) is 13.9 Å². The van der Waals surface area contributed by atoms with E-state index in [1.54, 1.807) is 12.1 Å². The van der Waals surface area contributed by atoms with Crippen LogP contribution in [0.1, 0.15) is 42.6 Å². The fourth-order valence-electron chi connectivity index (χ4n) is 5.12. The van der Waals surface area contributed by atoms with Gasteiger partial charge in [0.25, 0.3) is 5.92 Å². The van der Waals surface area contributed by atoms with Crippen LogP contribution in [0, 0.1) is 6.92 Å². The second kappa shape index (κ2) is 9.57. The van der Waals surface area contributed by atoms with Crippen LogP contribution in [-0.4, -0.2) is 65.4 Å². The van der Waals surface area contributed by atoms with Crippen molar-refractivity contribution >= 4 is 28.3 Å². The van der Waals surface area contributed by atoms with Crippen molar-refractivity contribution in [1.29, 1.82) is 0 Å². The highest BCUT2D eigenvalue weighted by molar-refractivity contribution is 5.92. The molecule has 36 heavy (non-hydrogen) atoms. The number of rotatable bonds is 7. The Balaban J connectivity index is 1.42. The average molecular weight is 497 g/mol. The van der Waals surface area contributed by atoms with Gasteiger partial charge in [0.1, 0.15) is 6.61 Å². The number of hydrogen-bond acceptors (Lipinski definition) is 7. The zero-order valence-electron chi connectivity index (χ0n) is 20.7. The van der Waals surface area contributed by atoms with Gasteiger partial charge < -0.3 is 19.9 Å². The number of aromatic nitrogens is 3. The molecule has 2 saturated heterocycles. The fourth-order valence-corrected chi connectivity index (χ4v) is 5.12. The van der Waals surface area contributed by atoms with E-state index >= 15 is 0 Å². The number of amides is 1. The molecule has 10 heteroatoms. The molecule has 0 radical (unpaired) electrons.